The predicted molar refractivity (Wildman–Crippen MR) is 62.5 cm³/mol. The highest BCUT2D eigenvalue weighted by Gasteiger charge is 2.17. The number of morpholine rings is 1. The second-order valence-electron chi connectivity index (χ2n) is 3.92. The van der Waals surface area contributed by atoms with Crippen molar-refractivity contribution >= 4 is 11.6 Å². The van der Waals surface area contributed by atoms with Gasteiger partial charge in [-0.3, -0.25) is 9.59 Å². The summed E-state index contributed by atoms with van der Waals surface area (Å²) in [4.78, 5) is 25.1. The number of carbonyl (C=O) groups is 1. The number of carbonyl (C=O) groups excluding carboxylic acids is 1. The molecule has 0 unspecified atom stereocenters. The molecule has 1 aliphatic rings. The maximum Gasteiger partial charge on any atom is 0.251 e. The zero-order chi connectivity index (χ0) is 12.3. The molecule has 0 saturated carbocycles. The summed E-state index contributed by atoms with van der Waals surface area (Å²) in [5.41, 5.74) is 5.83. The van der Waals surface area contributed by atoms with Crippen LogP contribution < -0.4 is 11.3 Å². The van der Waals surface area contributed by atoms with Gasteiger partial charge in [0.1, 0.15) is 6.54 Å². The van der Waals surface area contributed by atoms with E-state index in [4.69, 9.17) is 10.5 Å². The summed E-state index contributed by atoms with van der Waals surface area (Å²) in [7, 11) is 0. The van der Waals surface area contributed by atoms with E-state index in [1.54, 1.807) is 4.90 Å². The van der Waals surface area contributed by atoms with Gasteiger partial charge in [-0.1, -0.05) is 0 Å². The third-order valence-corrected chi connectivity index (χ3v) is 2.68. The first-order chi connectivity index (χ1) is 8.16. The van der Waals surface area contributed by atoms with Crippen LogP contribution in [0.4, 0.5) is 5.69 Å². The van der Waals surface area contributed by atoms with Gasteiger partial charge in [0.05, 0.1) is 13.2 Å². The predicted octanol–water partition coefficient (Wildman–Crippen LogP) is -0.711. The van der Waals surface area contributed by atoms with Crippen LogP contribution in [0, 0.1) is 0 Å². The van der Waals surface area contributed by atoms with Crippen LogP contribution in [-0.4, -0.2) is 41.7 Å². The van der Waals surface area contributed by atoms with Gasteiger partial charge in [-0.15, -0.1) is 0 Å². The van der Waals surface area contributed by atoms with Crippen molar-refractivity contribution < 1.29 is 9.53 Å². The van der Waals surface area contributed by atoms with Gasteiger partial charge >= 0.3 is 0 Å². The number of anilines is 1. The van der Waals surface area contributed by atoms with E-state index in [1.165, 1.54) is 22.9 Å². The molecule has 0 radical (unpaired) electrons. The summed E-state index contributed by atoms with van der Waals surface area (Å²) >= 11 is 0. The molecular weight excluding hydrogens is 222 g/mol. The molecular formula is C11H15N3O3. The lowest BCUT2D eigenvalue weighted by atomic mass is 10.3. The molecule has 2 N–H and O–H groups in total. The van der Waals surface area contributed by atoms with E-state index < -0.39 is 0 Å². The van der Waals surface area contributed by atoms with Crippen molar-refractivity contribution in [1.82, 2.24) is 9.47 Å². The van der Waals surface area contributed by atoms with Crippen molar-refractivity contribution in [2.75, 3.05) is 32.0 Å². The molecule has 0 spiro atoms. The molecule has 1 aromatic heterocycles. The largest absolute Gasteiger partial charge is 0.398 e. The van der Waals surface area contributed by atoms with Crippen molar-refractivity contribution in [3.05, 3.63) is 28.7 Å². The van der Waals surface area contributed by atoms with Gasteiger partial charge in [0.25, 0.3) is 5.56 Å². The van der Waals surface area contributed by atoms with Crippen molar-refractivity contribution in [1.29, 1.82) is 0 Å². The summed E-state index contributed by atoms with van der Waals surface area (Å²) < 4.78 is 6.49. The van der Waals surface area contributed by atoms with Crippen molar-refractivity contribution in [3.63, 3.8) is 0 Å². The number of ether oxygens (including phenoxy) is 1. The Hall–Kier alpha value is -1.82. The Kier molecular flexibility index (Phi) is 3.43. The number of aromatic nitrogens is 1. The first kappa shape index (κ1) is 11.7. The Labute approximate surface area is 98.6 Å². The minimum absolute atomic E-state index is 0.0316. The summed E-state index contributed by atoms with van der Waals surface area (Å²) in [6, 6.07) is 2.89. The Morgan fingerprint density at radius 1 is 1.35 bits per heavy atom. The maximum atomic E-state index is 11.9. The monoisotopic (exact) mass is 237 g/mol. The highest BCUT2D eigenvalue weighted by atomic mass is 16.5. The molecule has 1 aliphatic heterocycles. The van der Waals surface area contributed by atoms with E-state index in [-0.39, 0.29) is 18.0 Å². The second kappa shape index (κ2) is 5.01. The normalized spacial score (nSPS) is 15.9. The lowest BCUT2D eigenvalue weighted by Crippen LogP contribution is -2.43. The standard InChI is InChI=1S/C11H15N3O3/c12-9-1-2-10(15)14(7-9)8-11(16)13-3-5-17-6-4-13/h1-2,7H,3-6,8,12H2. The van der Waals surface area contributed by atoms with Crippen LogP contribution in [0.15, 0.2) is 23.1 Å². The number of rotatable bonds is 2. The number of hydrogen-bond donors (Lipinski definition) is 1. The Bertz CT molecular complexity index is 463. The second-order valence-corrected chi connectivity index (χ2v) is 3.92. The van der Waals surface area contributed by atoms with Crippen LogP contribution in [0.25, 0.3) is 0 Å². The van der Waals surface area contributed by atoms with Gasteiger partial charge in [0.15, 0.2) is 0 Å². The van der Waals surface area contributed by atoms with Gasteiger partial charge in [0, 0.05) is 31.0 Å². The third kappa shape index (κ3) is 2.85. The van der Waals surface area contributed by atoms with Crippen molar-refractivity contribution in [2.45, 2.75) is 6.54 Å². The van der Waals surface area contributed by atoms with E-state index in [0.29, 0.717) is 32.0 Å². The fourth-order valence-electron chi connectivity index (χ4n) is 1.73. The molecule has 1 saturated heterocycles. The quantitative estimate of drug-likeness (QED) is 0.737. The molecule has 2 heterocycles. The van der Waals surface area contributed by atoms with Crippen molar-refractivity contribution in [2.24, 2.45) is 0 Å². The molecule has 0 bridgehead atoms. The molecule has 2 rings (SSSR count). The average Bonchev–Trinajstić information content (AvgIpc) is 2.35. The Morgan fingerprint density at radius 3 is 2.76 bits per heavy atom. The van der Waals surface area contributed by atoms with Crippen LogP contribution >= 0.6 is 0 Å². The molecule has 1 amide bonds. The highest BCUT2D eigenvalue weighted by Crippen LogP contribution is 2.00. The van der Waals surface area contributed by atoms with Crippen LogP contribution in [-0.2, 0) is 16.1 Å². The number of amides is 1. The van der Waals surface area contributed by atoms with Gasteiger partial charge in [-0.2, -0.15) is 0 Å². The topological polar surface area (TPSA) is 77.6 Å². The Balaban J connectivity index is 2.07. The SMILES string of the molecule is Nc1ccc(=O)n(CC(=O)N2CCOCC2)c1. The summed E-state index contributed by atoms with van der Waals surface area (Å²) in [6.45, 7) is 2.30. The fraction of sp³-hybridized carbons (Fsp3) is 0.455. The first-order valence-electron chi connectivity index (χ1n) is 5.48. The van der Waals surface area contributed by atoms with Gasteiger partial charge in [-0.25, -0.2) is 0 Å². The number of nitrogens with zero attached hydrogens (tertiary/aromatic N) is 2. The molecule has 0 aliphatic carbocycles. The molecule has 0 atom stereocenters. The van der Waals surface area contributed by atoms with Crippen LogP contribution in [0.3, 0.4) is 0 Å². The van der Waals surface area contributed by atoms with Crippen LogP contribution in [0.2, 0.25) is 0 Å². The van der Waals surface area contributed by atoms with E-state index in [0.717, 1.165) is 0 Å². The Morgan fingerprint density at radius 2 is 2.06 bits per heavy atom. The van der Waals surface area contributed by atoms with Gasteiger partial charge in [0.2, 0.25) is 5.91 Å². The highest BCUT2D eigenvalue weighted by molar-refractivity contribution is 5.76. The number of hydrogen-bond acceptors (Lipinski definition) is 4. The molecule has 6 heteroatoms. The first-order valence-corrected chi connectivity index (χ1v) is 5.48. The zero-order valence-corrected chi connectivity index (χ0v) is 9.46. The van der Waals surface area contributed by atoms with Gasteiger partial charge in [-0.05, 0) is 6.07 Å². The summed E-state index contributed by atoms with van der Waals surface area (Å²) in [6.07, 6.45) is 1.49. The van der Waals surface area contributed by atoms with E-state index in [2.05, 4.69) is 0 Å². The molecule has 17 heavy (non-hydrogen) atoms. The lowest BCUT2D eigenvalue weighted by molar-refractivity contribution is -0.135. The molecule has 1 fully saturated rings. The minimum atomic E-state index is -0.221. The van der Waals surface area contributed by atoms with Crippen LogP contribution in [0.5, 0.6) is 0 Å². The summed E-state index contributed by atoms with van der Waals surface area (Å²) in [5.74, 6) is -0.0824. The molecule has 0 aromatic carbocycles. The number of nitrogen functional groups attached to an aromatic ring is 1. The van der Waals surface area contributed by atoms with E-state index in [1.807, 2.05) is 0 Å². The average molecular weight is 237 g/mol. The van der Waals surface area contributed by atoms with E-state index in [9.17, 15) is 9.59 Å². The van der Waals surface area contributed by atoms with Crippen molar-refractivity contribution in [3.8, 4) is 0 Å². The smallest absolute Gasteiger partial charge is 0.251 e. The summed E-state index contributed by atoms with van der Waals surface area (Å²) in [5, 5.41) is 0. The minimum Gasteiger partial charge on any atom is -0.398 e. The molecule has 92 valence electrons. The van der Waals surface area contributed by atoms with Crippen LogP contribution in [0.1, 0.15) is 0 Å². The fourth-order valence-corrected chi connectivity index (χ4v) is 1.73. The number of pyridine rings is 1. The van der Waals surface area contributed by atoms with E-state index >= 15 is 0 Å². The number of nitrogens with two attached hydrogens (primary N) is 1. The third-order valence-electron chi connectivity index (χ3n) is 2.68. The van der Waals surface area contributed by atoms with Gasteiger partial charge < -0.3 is 19.9 Å². The maximum absolute atomic E-state index is 11.9. The zero-order valence-electron chi connectivity index (χ0n) is 9.46. The molecule has 1 aromatic rings. The lowest BCUT2D eigenvalue weighted by Gasteiger charge is -2.27. The molecule has 6 nitrogen and oxygen atoms in total.